The monoisotopic (exact) mass is 296 g/mol. The Morgan fingerprint density at radius 2 is 2.14 bits per heavy atom. The molecule has 21 heavy (non-hydrogen) atoms. The van der Waals surface area contributed by atoms with E-state index in [-0.39, 0.29) is 23.1 Å². The molecule has 0 aromatic carbocycles. The molecule has 0 aromatic rings. The molecule has 120 valence electrons. The Morgan fingerprint density at radius 1 is 1.43 bits per heavy atom. The van der Waals surface area contributed by atoms with E-state index in [1.165, 1.54) is 25.7 Å². The van der Waals surface area contributed by atoms with Crippen molar-refractivity contribution < 1.29 is 14.3 Å². The average Bonchev–Trinajstić information content (AvgIpc) is 3.05. The first-order valence-electron chi connectivity index (χ1n) is 8.16. The van der Waals surface area contributed by atoms with Gasteiger partial charge >= 0.3 is 0 Å². The van der Waals surface area contributed by atoms with Gasteiger partial charge in [-0.3, -0.25) is 9.59 Å². The minimum Gasteiger partial charge on any atom is -0.382 e. The predicted octanol–water partition coefficient (Wildman–Crippen LogP) is 1.57. The van der Waals surface area contributed by atoms with Crippen LogP contribution in [0.15, 0.2) is 0 Å². The number of hydrogen-bond donors (Lipinski definition) is 1. The van der Waals surface area contributed by atoms with E-state index in [9.17, 15) is 9.59 Å². The second kappa shape index (κ2) is 7.25. The summed E-state index contributed by atoms with van der Waals surface area (Å²) in [6.07, 6.45) is 6.20. The number of hydrogen-bond acceptors (Lipinski definition) is 3. The first-order chi connectivity index (χ1) is 10.1. The molecule has 0 radical (unpaired) electrons. The van der Waals surface area contributed by atoms with Crippen LogP contribution in [-0.4, -0.2) is 50.1 Å². The van der Waals surface area contributed by atoms with Gasteiger partial charge in [0.25, 0.3) is 0 Å². The third-order valence-corrected chi connectivity index (χ3v) is 4.99. The van der Waals surface area contributed by atoms with Crippen molar-refractivity contribution >= 4 is 11.8 Å². The average molecular weight is 296 g/mol. The van der Waals surface area contributed by atoms with Crippen molar-refractivity contribution in [2.75, 3.05) is 33.4 Å². The highest BCUT2D eigenvalue weighted by atomic mass is 16.5. The number of ether oxygens (including phenoxy) is 1. The quantitative estimate of drug-likeness (QED) is 0.726. The Balaban J connectivity index is 1.81. The highest BCUT2D eigenvalue weighted by Gasteiger charge is 2.36. The van der Waals surface area contributed by atoms with Crippen molar-refractivity contribution in [3.05, 3.63) is 0 Å². The van der Waals surface area contributed by atoms with Crippen LogP contribution < -0.4 is 5.32 Å². The number of amides is 2. The second-order valence-corrected chi connectivity index (χ2v) is 6.55. The summed E-state index contributed by atoms with van der Waals surface area (Å²) in [5, 5.41) is 3.10. The fourth-order valence-corrected chi connectivity index (χ4v) is 3.53. The molecule has 0 spiro atoms. The molecule has 1 atom stereocenters. The van der Waals surface area contributed by atoms with E-state index in [0.717, 1.165) is 26.2 Å². The summed E-state index contributed by atoms with van der Waals surface area (Å²) in [7, 11) is 1.76. The molecule has 1 aliphatic heterocycles. The fourth-order valence-electron chi connectivity index (χ4n) is 3.53. The van der Waals surface area contributed by atoms with Crippen LogP contribution in [0.5, 0.6) is 0 Å². The van der Waals surface area contributed by atoms with Crippen LogP contribution >= 0.6 is 0 Å². The topological polar surface area (TPSA) is 58.6 Å². The van der Waals surface area contributed by atoms with Gasteiger partial charge in [-0.05, 0) is 31.6 Å². The van der Waals surface area contributed by atoms with Crippen molar-refractivity contribution in [2.24, 2.45) is 11.3 Å². The standard InChI is InChI=1S/C16H28N2O3/c1-3-21-9-8-16(6-4-5-7-16)12-17-15(20)13-10-14(19)18(2)11-13/h13H,3-12H2,1-2H3,(H,17,20)/t13-/m0/s1. The summed E-state index contributed by atoms with van der Waals surface area (Å²) >= 11 is 0. The molecule has 0 unspecified atom stereocenters. The first kappa shape index (κ1) is 16.3. The zero-order valence-corrected chi connectivity index (χ0v) is 13.3. The van der Waals surface area contributed by atoms with Gasteiger partial charge in [0.05, 0.1) is 5.92 Å². The zero-order valence-electron chi connectivity index (χ0n) is 13.3. The number of likely N-dealkylation sites (tertiary alicyclic amines) is 1. The van der Waals surface area contributed by atoms with E-state index in [4.69, 9.17) is 4.74 Å². The van der Waals surface area contributed by atoms with Gasteiger partial charge in [0, 0.05) is 39.8 Å². The molecule has 1 saturated carbocycles. The van der Waals surface area contributed by atoms with Crippen molar-refractivity contribution in [1.82, 2.24) is 10.2 Å². The number of nitrogens with zero attached hydrogens (tertiary/aromatic N) is 1. The van der Waals surface area contributed by atoms with E-state index in [2.05, 4.69) is 5.32 Å². The van der Waals surface area contributed by atoms with Gasteiger partial charge in [-0.25, -0.2) is 0 Å². The SMILES string of the molecule is CCOCCC1(CNC(=O)[C@H]2CC(=O)N(C)C2)CCCC1. The van der Waals surface area contributed by atoms with Crippen molar-refractivity contribution in [2.45, 2.75) is 45.4 Å². The Bertz CT molecular complexity index is 378. The molecule has 1 saturated heterocycles. The third-order valence-electron chi connectivity index (χ3n) is 4.99. The highest BCUT2D eigenvalue weighted by molar-refractivity contribution is 5.89. The summed E-state index contributed by atoms with van der Waals surface area (Å²) in [5.74, 6) is -0.0645. The van der Waals surface area contributed by atoms with Crippen LogP contribution in [0.3, 0.4) is 0 Å². The van der Waals surface area contributed by atoms with E-state index in [1.807, 2.05) is 6.92 Å². The maximum absolute atomic E-state index is 12.2. The summed E-state index contributed by atoms with van der Waals surface area (Å²) < 4.78 is 5.49. The van der Waals surface area contributed by atoms with Gasteiger partial charge in [0.15, 0.2) is 0 Å². The smallest absolute Gasteiger partial charge is 0.225 e. The molecule has 2 aliphatic rings. The predicted molar refractivity (Wildman–Crippen MR) is 80.8 cm³/mol. The lowest BCUT2D eigenvalue weighted by atomic mass is 9.82. The highest BCUT2D eigenvalue weighted by Crippen LogP contribution is 2.40. The lowest BCUT2D eigenvalue weighted by Crippen LogP contribution is -2.40. The van der Waals surface area contributed by atoms with Gasteiger partial charge in [0.2, 0.25) is 11.8 Å². The molecule has 5 heteroatoms. The molecule has 2 amide bonds. The lowest BCUT2D eigenvalue weighted by molar-refractivity contribution is -0.128. The largest absolute Gasteiger partial charge is 0.382 e. The summed E-state index contributed by atoms with van der Waals surface area (Å²) in [6, 6.07) is 0. The number of rotatable bonds is 7. The summed E-state index contributed by atoms with van der Waals surface area (Å²) in [5.41, 5.74) is 0.208. The molecule has 0 aromatic heterocycles. The van der Waals surface area contributed by atoms with E-state index in [0.29, 0.717) is 13.0 Å². The lowest BCUT2D eigenvalue weighted by Gasteiger charge is -2.29. The minimum atomic E-state index is -0.173. The molecule has 2 fully saturated rings. The molecular formula is C16H28N2O3. The van der Waals surface area contributed by atoms with Crippen molar-refractivity contribution in [3.8, 4) is 0 Å². The molecule has 0 bridgehead atoms. The Labute approximate surface area is 127 Å². The van der Waals surface area contributed by atoms with Gasteiger partial charge < -0.3 is 15.0 Å². The molecule has 1 heterocycles. The molecule has 5 nitrogen and oxygen atoms in total. The maximum atomic E-state index is 12.2. The van der Waals surface area contributed by atoms with E-state index in [1.54, 1.807) is 11.9 Å². The van der Waals surface area contributed by atoms with Crippen LogP contribution in [0.2, 0.25) is 0 Å². The molecule has 2 rings (SSSR count). The van der Waals surface area contributed by atoms with Gasteiger partial charge in [-0.1, -0.05) is 12.8 Å². The van der Waals surface area contributed by atoms with Crippen LogP contribution in [0.25, 0.3) is 0 Å². The molecule has 1 N–H and O–H groups in total. The fraction of sp³-hybridized carbons (Fsp3) is 0.875. The third kappa shape index (κ3) is 4.19. The van der Waals surface area contributed by atoms with E-state index >= 15 is 0 Å². The van der Waals surface area contributed by atoms with Crippen LogP contribution in [0.4, 0.5) is 0 Å². The van der Waals surface area contributed by atoms with E-state index < -0.39 is 0 Å². The van der Waals surface area contributed by atoms with Crippen LogP contribution in [-0.2, 0) is 14.3 Å². The molecular weight excluding hydrogens is 268 g/mol. The number of carbonyl (C=O) groups is 2. The normalized spacial score (nSPS) is 24.6. The van der Waals surface area contributed by atoms with Gasteiger partial charge in [0.1, 0.15) is 0 Å². The number of carbonyl (C=O) groups excluding carboxylic acids is 2. The van der Waals surface area contributed by atoms with Crippen molar-refractivity contribution in [3.63, 3.8) is 0 Å². The van der Waals surface area contributed by atoms with Crippen LogP contribution in [0.1, 0.15) is 45.4 Å². The number of nitrogens with one attached hydrogen (secondary N) is 1. The molecule has 1 aliphatic carbocycles. The second-order valence-electron chi connectivity index (χ2n) is 6.55. The first-order valence-corrected chi connectivity index (χ1v) is 8.16. The van der Waals surface area contributed by atoms with Crippen molar-refractivity contribution in [1.29, 1.82) is 0 Å². The van der Waals surface area contributed by atoms with Crippen LogP contribution in [0, 0.1) is 11.3 Å². The Kier molecular flexibility index (Phi) is 5.62. The zero-order chi connectivity index (χ0) is 15.3. The Hall–Kier alpha value is -1.10. The summed E-state index contributed by atoms with van der Waals surface area (Å²) in [6.45, 7) is 4.82. The van der Waals surface area contributed by atoms with Gasteiger partial charge in [-0.2, -0.15) is 0 Å². The van der Waals surface area contributed by atoms with Gasteiger partial charge in [-0.15, -0.1) is 0 Å². The maximum Gasteiger partial charge on any atom is 0.225 e. The minimum absolute atomic E-state index is 0.0374. The Morgan fingerprint density at radius 3 is 2.71 bits per heavy atom. The summed E-state index contributed by atoms with van der Waals surface area (Å²) in [4.78, 5) is 25.4.